The van der Waals surface area contributed by atoms with Crippen molar-refractivity contribution < 1.29 is 36.6 Å². The molecule has 1 aromatic heterocycles. The van der Waals surface area contributed by atoms with Crippen LogP contribution in [0.4, 0.5) is 38.1 Å². The van der Waals surface area contributed by atoms with E-state index in [-0.39, 0.29) is 51.6 Å². The van der Waals surface area contributed by atoms with Gasteiger partial charge in [-0.25, -0.2) is 13.6 Å². The van der Waals surface area contributed by atoms with Gasteiger partial charge in [-0.3, -0.25) is 14.8 Å². The Morgan fingerprint density at radius 3 is 2.52 bits per heavy atom. The quantitative estimate of drug-likeness (QED) is 0.184. The number of H-pyrrole nitrogens is 1. The van der Waals surface area contributed by atoms with E-state index < -0.39 is 47.1 Å². The molecule has 3 amide bonds. The van der Waals surface area contributed by atoms with Crippen LogP contribution in [0.15, 0.2) is 48.5 Å². The van der Waals surface area contributed by atoms with Gasteiger partial charge in [-0.05, 0) is 79.9 Å². The molecule has 3 heterocycles. The van der Waals surface area contributed by atoms with Crippen LogP contribution in [0, 0.1) is 11.6 Å². The lowest BCUT2D eigenvalue weighted by Crippen LogP contribution is -2.46. The minimum absolute atomic E-state index is 0.0339. The molecule has 0 fully saturated rings. The molecule has 4 N–H and O–H groups in total. The van der Waals surface area contributed by atoms with Gasteiger partial charge in [0.1, 0.15) is 17.3 Å². The van der Waals surface area contributed by atoms with Crippen molar-refractivity contribution in [3.63, 3.8) is 0 Å². The van der Waals surface area contributed by atoms with Crippen LogP contribution in [0.25, 0.3) is 11.3 Å². The number of anilines is 2. The summed E-state index contributed by atoms with van der Waals surface area (Å²) in [4.78, 5) is 28.2. The number of aliphatic hydroxyl groups is 1. The van der Waals surface area contributed by atoms with Crippen LogP contribution < -0.4 is 15.5 Å². The first-order valence-corrected chi connectivity index (χ1v) is 13.7. The summed E-state index contributed by atoms with van der Waals surface area (Å²) < 4.78 is 69.3. The van der Waals surface area contributed by atoms with E-state index >= 15 is 0 Å². The number of urea groups is 1. The molecular formula is C30H23ClF5N5O3. The van der Waals surface area contributed by atoms with Crippen molar-refractivity contribution in [2.45, 2.75) is 38.1 Å². The Hall–Kier alpha value is -4.49. The fourth-order valence-electron chi connectivity index (χ4n) is 5.57. The maximum absolute atomic E-state index is 14.5. The van der Waals surface area contributed by atoms with E-state index in [1.54, 1.807) is 0 Å². The number of aromatic amines is 1. The van der Waals surface area contributed by atoms with E-state index in [1.807, 2.05) is 5.10 Å². The third-order valence-corrected chi connectivity index (χ3v) is 7.99. The topological polar surface area (TPSA) is 110 Å². The van der Waals surface area contributed by atoms with Gasteiger partial charge in [0.2, 0.25) is 0 Å². The van der Waals surface area contributed by atoms with Gasteiger partial charge in [-0.1, -0.05) is 11.6 Å². The van der Waals surface area contributed by atoms with Gasteiger partial charge in [-0.2, -0.15) is 18.3 Å². The van der Waals surface area contributed by atoms with Gasteiger partial charge in [0.15, 0.2) is 0 Å². The predicted octanol–water partition coefficient (Wildman–Crippen LogP) is 6.68. The van der Waals surface area contributed by atoms with Crippen LogP contribution in [-0.4, -0.2) is 33.8 Å². The number of carbonyl (C=O) groups is 2. The molecule has 44 heavy (non-hydrogen) atoms. The Labute approximate surface area is 251 Å². The molecule has 0 aliphatic carbocycles. The second-order valence-electron chi connectivity index (χ2n) is 11.1. The first-order valence-electron chi connectivity index (χ1n) is 13.3. The fourth-order valence-corrected chi connectivity index (χ4v) is 5.79. The summed E-state index contributed by atoms with van der Waals surface area (Å²) in [6.45, 7) is 3.01. The molecule has 1 atom stereocenters. The Kier molecular flexibility index (Phi) is 6.93. The molecule has 2 aliphatic rings. The molecule has 0 saturated heterocycles. The number of halogens is 6. The number of alkyl halides is 3. The molecule has 228 valence electrons. The van der Waals surface area contributed by atoms with Crippen molar-refractivity contribution in [2.24, 2.45) is 0 Å². The molecule has 6 rings (SSSR count). The summed E-state index contributed by atoms with van der Waals surface area (Å²) in [5, 5.41) is 21.8. The lowest BCUT2D eigenvalue weighted by atomic mass is 9.88. The average molecular weight is 632 g/mol. The molecule has 2 aliphatic heterocycles. The largest absolute Gasteiger partial charge is 0.432 e. The van der Waals surface area contributed by atoms with Crippen LogP contribution in [0.1, 0.15) is 58.2 Å². The summed E-state index contributed by atoms with van der Waals surface area (Å²) in [5.74, 6) is -2.25. The molecule has 0 bridgehead atoms. The van der Waals surface area contributed by atoms with Crippen molar-refractivity contribution in [3.8, 4) is 11.3 Å². The molecule has 14 heteroatoms. The summed E-state index contributed by atoms with van der Waals surface area (Å²) in [6.07, 6.45) is -4.46. The number of rotatable bonds is 5. The average Bonchev–Trinajstić information content (AvgIpc) is 3.61. The van der Waals surface area contributed by atoms with E-state index in [0.717, 1.165) is 30.3 Å². The summed E-state index contributed by atoms with van der Waals surface area (Å²) >= 11 is 6.43. The summed E-state index contributed by atoms with van der Waals surface area (Å²) in [7, 11) is 0. The number of nitrogens with one attached hydrogen (secondary N) is 3. The highest BCUT2D eigenvalue weighted by atomic mass is 35.5. The molecule has 0 spiro atoms. The van der Waals surface area contributed by atoms with Crippen LogP contribution in [0.3, 0.4) is 0 Å². The van der Waals surface area contributed by atoms with Gasteiger partial charge < -0.3 is 15.7 Å². The van der Waals surface area contributed by atoms with E-state index in [4.69, 9.17) is 11.6 Å². The normalized spacial score (nSPS) is 16.2. The number of hydrogen-bond acceptors (Lipinski definition) is 4. The van der Waals surface area contributed by atoms with Crippen molar-refractivity contribution in [1.29, 1.82) is 0 Å². The van der Waals surface area contributed by atoms with Crippen LogP contribution >= 0.6 is 11.6 Å². The number of hydrogen-bond donors (Lipinski definition) is 4. The van der Waals surface area contributed by atoms with E-state index in [0.29, 0.717) is 16.8 Å². The van der Waals surface area contributed by atoms with Gasteiger partial charge in [0, 0.05) is 39.5 Å². The highest BCUT2D eigenvalue weighted by Gasteiger charge is 2.42. The highest BCUT2D eigenvalue weighted by Crippen LogP contribution is 2.50. The molecule has 0 saturated carbocycles. The molecule has 1 unspecified atom stereocenters. The molecule has 3 aromatic carbocycles. The zero-order valence-electron chi connectivity index (χ0n) is 23.0. The zero-order valence-corrected chi connectivity index (χ0v) is 23.8. The Bertz CT molecular complexity index is 1850. The predicted molar refractivity (Wildman–Crippen MR) is 151 cm³/mol. The lowest BCUT2D eigenvalue weighted by molar-refractivity contribution is -0.141. The third-order valence-electron chi connectivity index (χ3n) is 7.64. The maximum Gasteiger partial charge on any atom is 0.432 e. The molecule has 0 radical (unpaired) electrons. The number of aromatic nitrogens is 2. The minimum Gasteiger partial charge on any atom is -0.386 e. The van der Waals surface area contributed by atoms with Crippen molar-refractivity contribution in [2.75, 3.05) is 16.8 Å². The Morgan fingerprint density at radius 2 is 1.84 bits per heavy atom. The van der Waals surface area contributed by atoms with E-state index in [2.05, 4.69) is 15.7 Å². The second-order valence-corrected chi connectivity index (χ2v) is 11.5. The SMILES string of the molecule is CC(C)(O)c1cc(F)cc(C(=O)Nc2cc(-c3cc(C(F)(F)F)[nH]n3)c3c4c2C(c2cc(F)ccc2Cl)NC(=O)N4CC3)c1. The first-order chi connectivity index (χ1) is 20.6. The standard InChI is InChI=1S/C30H23ClF5N5O3/c1-29(2,44)14-7-13(8-16(33)9-14)27(42)37-22-11-18(21-12-23(40-39-21)30(34,35)36)17-5-6-41-26(17)24(22)25(38-28(41)43)19-10-15(32)3-4-20(19)31/h3-4,7-12,25,44H,5-6H2,1-2H3,(H,37,42)(H,38,43)(H,39,40). The van der Waals surface area contributed by atoms with Crippen molar-refractivity contribution in [1.82, 2.24) is 15.5 Å². The lowest BCUT2D eigenvalue weighted by Gasteiger charge is -2.35. The number of carbonyl (C=O) groups excluding carboxylic acids is 2. The maximum atomic E-state index is 14.5. The van der Waals surface area contributed by atoms with Gasteiger partial charge >= 0.3 is 12.2 Å². The highest BCUT2D eigenvalue weighted by molar-refractivity contribution is 6.31. The Balaban J connectivity index is 1.57. The molecule has 4 aromatic rings. The first kappa shape index (κ1) is 29.6. The fraction of sp³-hybridized carbons (Fsp3) is 0.233. The number of benzene rings is 3. The summed E-state index contributed by atoms with van der Waals surface area (Å²) in [5.41, 5.74) is -1.20. The third kappa shape index (κ3) is 5.15. The van der Waals surface area contributed by atoms with Crippen molar-refractivity contribution in [3.05, 3.63) is 98.7 Å². The summed E-state index contributed by atoms with van der Waals surface area (Å²) in [6, 6.07) is 7.52. The van der Waals surface area contributed by atoms with Gasteiger partial charge in [0.25, 0.3) is 5.91 Å². The zero-order chi connectivity index (χ0) is 31.7. The number of nitrogens with zero attached hydrogens (tertiary/aromatic N) is 2. The smallest absolute Gasteiger partial charge is 0.386 e. The van der Waals surface area contributed by atoms with Crippen LogP contribution in [0.5, 0.6) is 0 Å². The molecule has 8 nitrogen and oxygen atoms in total. The number of amides is 3. The second kappa shape index (κ2) is 10.3. The molecular weight excluding hydrogens is 609 g/mol. The van der Waals surface area contributed by atoms with E-state index in [1.165, 1.54) is 36.9 Å². The van der Waals surface area contributed by atoms with Crippen LogP contribution in [0.2, 0.25) is 5.02 Å². The van der Waals surface area contributed by atoms with Gasteiger partial charge in [0.05, 0.1) is 23.0 Å². The van der Waals surface area contributed by atoms with Crippen molar-refractivity contribution >= 4 is 34.9 Å². The van der Waals surface area contributed by atoms with Crippen LogP contribution in [-0.2, 0) is 18.2 Å². The monoisotopic (exact) mass is 631 g/mol. The van der Waals surface area contributed by atoms with Gasteiger partial charge in [-0.15, -0.1) is 0 Å². The van der Waals surface area contributed by atoms with E-state index in [9.17, 15) is 36.6 Å². The Morgan fingerprint density at radius 1 is 1.09 bits per heavy atom. The minimum atomic E-state index is -4.71.